The van der Waals surface area contributed by atoms with Crippen molar-refractivity contribution >= 4 is 22.7 Å². The Bertz CT molecular complexity index is 1200. The van der Waals surface area contributed by atoms with Crippen molar-refractivity contribution in [2.75, 3.05) is 40.3 Å². The van der Waals surface area contributed by atoms with Crippen molar-refractivity contribution in [2.24, 2.45) is 0 Å². The highest BCUT2D eigenvalue weighted by molar-refractivity contribution is 6.01. The van der Waals surface area contributed by atoms with E-state index in [2.05, 4.69) is 52.2 Å². The molecule has 1 saturated heterocycles. The van der Waals surface area contributed by atoms with Gasteiger partial charge in [-0.1, -0.05) is 55.7 Å². The van der Waals surface area contributed by atoms with Gasteiger partial charge in [-0.25, -0.2) is 0 Å². The molecule has 2 aromatic carbocycles. The van der Waals surface area contributed by atoms with Crippen LogP contribution in [0.4, 0.5) is 0 Å². The molecule has 1 N–H and O–H groups in total. The number of hydrogen-bond donors (Lipinski definition) is 1. The summed E-state index contributed by atoms with van der Waals surface area (Å²) < 4.78 is 2.20. The highest BCUT2D eigenvalue weighted by Crippen LogP contribution is 2.44. The molecule has 6 heteroatoms. The number of fused-ring (bicyclic) bond motifs is 1. The standard InChI is InChI=1S/C29H36N4O2/c1-30-29(35)23-13-14-24-25(19-23)33(20-26(34)32-17-15-31(2)16-18-32)28(22-11-7-4-8-12-22)27(24)21-9-5-3-6-10-21/h4,7-8,11-14,19,21H,3,5-6,9-10,15-18,20H2,1-2H3,(H,30,35). The Morgan fingerprint density at radius 3 is 2.34 bits per heavy atom. The molecule has 2 heterocycles. The zero-order chi connectivity index (χ0) is 24.4. The van der Waals surface area contributed by atoms with Gasteiger partial charge in [0, 0.05) is 44.2 Å². The molecule has 0 unspecified atom stereocenters. The Labute approximate surface area is 207 Å². The van der Waals surface area contributed by atoms with Gasteiger partial charge in [-0.15, -0.1) is 0 Å². The van der Waals surface area contributed by atoms with Crippen molar-refractivity contribution < 1.29 is 9.59 Å². The van der Waals surface area contributed by atoms with Gasteiger partial charge < -0.3 is 19.7 Å². The Morgan fingerprint density at radius 1 is 0.943 bits per heavy atom. The number of nitrogens with one attached hydrogen (secondary N) is 1. The van der Waals surface area contributed by atoms with Gasteiger partial charge in [-0.2, -0.15) is 0 Å². The van der Waals surface area contributed by atoms with Gasteiger partial charge in [0.2, 0.25) is 5.91 Å². The topological polar surface area (TPSA) is 57.6 Å². The summed E-state index contributed by atoms with van der Waals surface area (Å²) in [5.41, 5.74) is 5.23. The van der Waals surface area contributed by atoms with Gasteiger partial charge in [0.15, 0.2) is 0 Å². The van der Waals surface area contributed by atoms with Crippen LogP contribution in [0.15, 0.2) is 48.5 Å². The predicted molar refractivity (Wildman–Crippen MR) is 141 cm³/mol. The molecular formula is C29H36N4O2. The van der Waals surface area contributed by atoms with Gasteiger partial charge >= 0.3 is 0 Å². The molecule has 0 bridgehead atoms. The zero-order valence-corrected chi connectivity index (χ0v) is 20.9. The quantitative estimate of drug-likeness (QED) is 0.595. The molecule has 5 rings (SSSR count). The molecule has 2 fully saturated rings. The van der Waals surface area contributed by atoms with Crippen LogP contribution >= 0.6 is 0 Å². The Kier molecular flexibility index (Phi) is 6.91. The molecule has 2 amide bonds. The Balaban J connectivity index is 1.68. The minimum Gasteiger partial charge on any atom is -0.355 e. The first-order valence-corrected chi connectivity index (χ1v) is 13.0. The number of benzene rings is 2. The van der Waals surface area contributed by atoms with Crippen molar-refractivity contribution in [2.45, 2.75) is 44.6 Å². The van der Waals surface area contributed by atoms with Gasteiger partial charge in [-0.05, 0) is 49.1 Å². The van der Waals surface area contributed by atoms with Gasteiger partial charge in [0.25, 0.3) is 5.91 Å². The van der Waals surface area contributed by atoms with E-state index in [1.165, 1.54) is 43.1 Å². The lowest BCUT2D eigenvalue weighted by atomic mass is 9.82. The van der Waals surface area contributed by atoms with Gasteiger partial charge in [0.05, 0.1) is 11.2 Å². The third kappa shape index (κ3) is 4.72. The summed E-state index contributed by atoms with van der Waals surface area (Å²) >= 11 is 0. The number of carbonyl (C=O) groups excluding carboxylic acids is 2. The summed E-state index contributed by atoms with van der Waals surface area (Å²) in [7, 11) is 3.76. The van der Waals surface area contributed by atoms with E-state index < -0.39 is 0 Å². The third-order valence-corrected chi connectivity index (χ3v) is 7.80. The third-order valence-electron chi connectivity index (χ3n) is 7.80. The molecule has 1 saturated carbocycles. The molecule has 3 aromatic rings. The van der Waals surface area contributed by atoms with E-state index in [4.69, 9.17) is 0 Å². The minimum absolute atomic E-state index is 0.106. The Morgan fingerprint density at radius 2 is 1.66 bits per heavy atom. The second-order valence-electron chi connectivity index (χ2n) is 10.0. The number of amides is 2. The van der Waals surface area contributed by atoms with Crippen LogP contribution < -0.4 is 5.32 Å². The fraction of sp³-hybridized carbons (Fsp3) is 0.448. The summed E-state index contributed by atoms with van der Waals surface area (Å²) in [6.07, 6.45) is 6.11. The molecule has 0 atom stereocenters. The van der Waals surface area contributed by atoms with Crippen LogP contribution in [0.1, 0.15) is 53.9 Å². The Hall–Kier alpha value is -3.12. The van der Waals surface area contributed by atoms with E-state index in [-0.39, 0.29) is 18.4 Å². The van der Waals surface area contributed by atoms with Crippen LogP contribution in [0, 0.1) is 0 Å². The smallest absolute Gasteiger partial charge is 0.251 e. The second kappa shape index (κ2) is 10.2. The molecule has 2 aliphatic rings. The van der Waals surface area contributed by atoms with Gasteiger partial charge in [0.1, 0.15) is 6.54 Å². The second-order valence-corrected chi connectivity index (χ2v) is 10.0. The van der Waals surface area contributed by atoms with E-state index in [0.717, 1.165) is 43.0 Å². The van der Waals surface area contributed by atoms with E-state index in [9.17, 15) is 9.59 Å². The number of rotatable bonds is 5. The summed E-state index contributed by atoms with van der Waals surface area (Å²) in [6, 6.07) is 16.5. The number of piperazine rings is 1. The number of aromatic nitrogens is 1. The minimum atomic E-state index is -0.106. The average molecular weight is 473 g/mol. The van der Waals surface area contributed by atoms with Crippen molar-refractivity contribution in [3.63, 3.8) is 0 Å². The van der Waals surface area contributed by atoms with E-state index in [1.54, 1.807) is 7.05 Å². The van der Waals surface area contributed by atoms with Crippen LogP contribution in [0.2, 0.25) is 0 Å². The lowest BCUT2D eigenvalue weighted by Gasteiger charge is -2.32. The van der Waals surface area contributed by atoms with E-state index in [0.29, 0.717) is 11.5 Å². The summed E-state index contributed by atoms with van der Waals surface area (Å²) in [5.74, 6) is 0.505. The largest absolute Gasteiger partial charge is 0.355 e. The maximum atomic E-state index is 13.6. The van der Waals surface area contributed by atoms with Crippen molar-refractivity contribution in [3.8, 4) is 11.3 Å². The first kappa shape index (κ1) is 23.6. The molecule has 0 radical (unpaired) electrons. The maximum absolute atomic E-state index is 13.6. The SMILES string of the molecule is CNC(=O)c1ccc2c(C3CCCCC3)c(-c3ccccc3)n(CC(=O)N3CCN(C)CC3)c2c1. The number of hydrogen-bond acceptors (Lipinski definition) is 3. The van der Waals surface area contributed by atoms with Crippen molar-refractivity contribution in [3.05, 3.63) is 59.7 Å². The fourth-order valence-corrected chi connectivity index (χ4v) is 5.83. The lowest BCUT2D eigenvalue weighted by Crippen LogP contribution is -2.48. The normalized spacial score (nSPS) is 17.6. The number of nitrogens with zero attached hydrogens (tertiary/aromatic N) is 3. The van der Waals surface area contributed by atoms with Crippen molar-refractivity contribution in [1.82, 2.24) is 19.7 Å². The fourth-order valence-electron chi connectivity index (χ4n) is 5.83. The highest BCUT2D eigenvalue weighted by Gasteiger charge is 2.29. The van der Waals surface area contributed by atoms with Crippen LogP contribution in [0.3, 0.4) is 0 Å². The molecule has 6 nitrogen and oxygen atoms in total. The maximum Gasteiger partial charge on any atom is 0.251 e. The molecule has 35 heavy (non-hydrogen) atoms. The number of carbonyl (C=O) groups is 2. The van der Waals surface area contributed by atoms with E-state index in [1.807, 2.05) is 23.1 Å². The van der Waals surface area contributed by atoms with Crippen LogP contribution in [-0.2, 0) is 11.3 Å². The van der Waals surface area contributed by atoms with E-state index >= 15 is 0 Å². The molecule has 1 aliphatic heterocycles. The zero-order valence-electron chi connectivity index (χ0n) is 20.9. The first-order chi connectivity index (χ1) is 17.1. The number of likely N-dealkylation sites (N-methyl/N-ethyl adjacent to an activating group) is 1. The van der Waals surface area contributed by atoms with Crippen LogP contribution in [0.25, 0.3) is 22.2 Å². The van der Waals surface area contributed by atoms with Gasteiger partial charge in [-0.3, -0.25) is 9.59 Å². The monoisotopic (exact) mass is 472 g/mol. The molecule has 0 spiro atoms. The lowest BCUT2D eigenvalue weighted by molar-refractivity contribution is -0.133. The summed E-state index contributed by atoms with van der Waals surface area (Å²) in [5, 5.41) is 3.93. The molecule has 1 aromatic heterocycles. The predicted octanol–water partition coefficient (Wildman–Crippen LogP) is 4.49. The highest BCUT2D eigenvalue weighted by atomic mass is 16.2. The van der Waals surface area contributed by atoms with Crippen molar-refractivity contribution in [1.29, 1.82) is 0 Å². The molecule has 1 aliphatic carbocycles. The van der Waals surface area contributed by atoms with Crippen LogP contribution in [-0.4, -0.2) is 66.5 Å². The molecular weight excluding hydrogens is 436 g/mol. The first-order valence-electron chi connectivity index (χ1n) is 13.0. The average Bonchev–Trinajstić information content (AvgIpc) is 3.22. The molecule has 184 valence electrons. The summed E-state index contributed by atoms with van der Waals surface area (Å²) in [4.78, 5) is 30.4. The summed E-state index contributed by atoms with van der Waals surface area (Å²) in [6.45, 7) is 3.60. The van der Waals surface area contributed by atoms with Crippen LogP contribution in [0.5, 0.6) is 0 Å².